The molecule has 1 saturated heterocycles. The molecule has 7 heteroatoms. The lowest BCUT2D eigenvalue weighted by molar-refractivity contribution is -0.121. The largest absolute Gasteiger partial charge is 0.454 e. The Morgan fingerprint density at radius 1 is 1.07 bits per heavy atom. The van der Waals surface area contributed by atoms with Crippen molar-refractivity contribution in [2.24, 2.45) is 0 Å². The Bertz CT molecular complexity index is 859. The number of halogens is 2. The van der Waals surface area contributed by atoms with Crippen LogP contribution in [-0.4, -0.2) is 36.7 Å². The first kappa shape index (κ1) is 18.4. The Morgan fingerprint density at radius 3 is 2.74 bits per heavy atom. The zero-order valence-corrected chi connectivity index (χ0v) is 16.2. The maximum absolute atomic E-state index is 12.4. The van der Waals surface area contributed by atoms with Crippen LogP contribution in [0.2, 0.25) is 10.0 Å². The monoisotopic (exact) mass is 406 g/mol. The first-order valence-corrected chi connectivity index (χ1v) is 9.66. The van der Waals surface area contributed by atoms with Crippen LogP contribution in [0.5, 0.6) is 11.5 Å². The molecule has 4 rings (SSSR count). The minimum Gasteiger partial charge on any atom is -0.454 e. The number of benzene rings is 2. The summed E-state index contributed by atoms with van der Waals surface area (Å²) in [4.78, 5) is 14.7. The second-order valence-corrected chi connectivity index (χ2v) is 7.72. The summed E-state index contributed by atoms with van der Waals surface area (Å²) in [5, 5.41) is 4.27. The van der Waals surface area contributed by atoms with Gasteiger partial charge >= 0.3 is 0 Å². The Morgan fingerprint density at radius 2 is 1.89 bits per heavy atom. The molecule has 2 aromatic carbocycles. The summed E-state index contributed by atoms with van der Waals surface area (Å²) >= 11 is 12.1. The van der Waals surface area contributed by atoms with Gasteiger partial charge < -0.3 is 14.8 Å². The molecule has 2 aliphatic heterocycles. The third kappa shape index (κ3) is 4.49. The highest BCUT2D eigenvalue weighted by atomic mass is 35.5. The minimum absolute atomic E-state index is 0.0234. The molecule has 1 atom stereocenters. The third-order valence-corrected chi connectivity index (χ3v) is 5.57. The lowest BCUT2D eigenvalue weighted by Gasteiger charge is -2.17. The number of likely N-dealkylation sites (tertiary alicyclic amines) is 1. The summed E-state index contributed by atoms with van der Waals surface area (Å²) < 4.78 is 10.7. The zero-order chi connectivity index (χ0) is 18.8. The van der Waals surface area contributed by atoms with Crippen molar-refractivity contribution in [2.75, 3.05) is 19.9 Å². The van der Waals surface area contributed by atoms with Gasteiger partial charge in [0, 0.05) is 25.7 Å². The Balaban J connectivity index is 1.27. The first-order chi connectivity index (χ1) is 13.1. The van der Waals surface area contributed by atoms with E-state index in [9.17, 15) is 4.79 Å². The molecule has 5 nitrogen and oxygen atoms in total. The van der Waals surface area contributed by atoms with E-state index >= 15 is 0 Å². The van der Waals surface area contributed by atoms with E-state index in [1.165, 1.54) is 0 Å². The number of fused-ring (bicyclic) bond motifs is 1. The molecular weight excluding hydrogens is 387 g/mol. The minimum atomic E-state index is 0.0234. The highest BCUT2D eigenvalue weighted by Gasteiger charge is 2.24. The molecule has 142 valence electrons. The number of nitrogens with one attached hydrogen (secondary N) is 1. The number of nitrogens with zero attached hydrogens (tertiary/aromatic N) is 1. The number of carbonyl (C=O) groups excluding carboxylic acids is 1. The molecule has 1 amide bonds. The quantitative estimate of drug-likeness (QED) is 0.822. The topological polar surface area (TPSA) is 50.8 Å². The third-order valence-electron chi connectivity index (χ3n) is 4.83. The molecule has 2 heterocycles. The van der Waals surface area contributed by atoms with Crippen LogP contribution in [0.15, 0.2) is 36.4 Å². The number of carbonyl (C=O) groups is 1. The van der Waals surface area contributed by atoms with Crippen molar-refractivity contribution in [3.8, 4) is 11.5 Å². The summed E-state index contributed by atoms with van der Waals surface area (Å²) in [6, 6.07) is 11.5. The molecule has 0 radical (unpaired) electrons. The Labute approximate surface area is 168 Å². The van der Waals surface area contributed by atoms with Crippen LogP contribution in [-0.2, 0) is 17.8 Å². The second kappa shape index (κ2) is 7.97. The standard InChI is InChI=1S/C20H20Cl2N2O3/c21-16-3-1-14(7-17(16)22)10-24-6-5-15(11-24)23-20(25)9-13-2-4-18-19(8-13)27-12-26-18/h1-4,7-8,15H,5-6,9-12H2,(H,23,25). The van der Waals surface area contributed by atoms with Gasteiger partial charge in [-0.05, 0) is 41.8 Å². The molecule has 0 saturated carbocycles. The van der Waals surface area contributed by atoms with Crippen LogP contribution in [0.4, 0.5) is 0 Å². The van der Waals surface area contributed by atoms with Crippen molar-refractivity contribution in [1.29, 1.82) is 0 Å². The Kier molecular flexibility index (Phi) is 5.43. The number of hydrogen-bond donors (Lipinski definition) is 1. The van der Waals surface area contributed by atoms with Gasteiger partial charge in [-0.1, -0.05) is 35.3 Å². The molecule has 0 spiro atoms. The summed E-state index contributed by atoms with van der Waals surface area (Å²) in [5.74, 6) is 1.46. The van der Waals surface area contributed by atoms with Crippen LogP contribution in [0.1, 0.15) is 17.5 Å². The molecule has 2 aromatic rings. The van der Waals surface area contributed by atoms with Crippen molar-refractivity contribution in [3.05, 3.63) is 57.6 Å². The van der Waals surface area contributed by atoms with Crippen LogP contribution in [0, 0.1) is 0 Å². The summed E-state index contributed by atoms with van der Waals surface area (Å²) in [6.45, 7) is 2.80. The predicted molar refractivity (Wildman–Crippen MR) is 105 cm³/mol. The van der Waals surface area contributed by atoms with Gasteiger partial charge in [-0.3, -0.25) is 9.69 Å². The van der Waals surface area contributed by atoms with Crippen molar-refractivity contribution in [2.45, 2.75) is 25.4 Å². The number of hydrogen-bond acceptors (Lipinski definition) is 4. The number of rotatable bonds is 5. The number of amides is 1. The second-order valence-electron chi connectivity index (χ2n) is 6.90. The first-order valence-electron chi connectivity index (χ1n) is 8.91. The van der Waals surface area contributed by atoms with E-state index in [1.807, 2.05) is 36.4 Å². The maximum atomic E-state index is 12.4. The number of ether oxygens (including phenoxy) is 2. The molecule has 0 bridgehead atoms. The van der Waals surface area contributed by atoms with Crippen molar-refractivity contribution < 1.29 is 14.3 Å². The highest BCUT2D eigenvalue weighted by Crippen LogP contribution is 2.32. The van der Waals surface area contributed by atoms with E-state index < -0.39 is 0 Å². The average molecular weight is 407 g/mol. The van der Waals surface area contributed by atoms with Crippen LogP contribution in [0.25, 0.3) is 0 Å². The van der Waals surface area contributed by atoms with Gasteiger partial charge in [0.15, 0.2) is 11.5 Å². The average Bonchev–Trinajstić information content (AvgIpc) is 3.27. The van der Waals surface area contributed by atoms with E-state index in [-0.39, 0.29) is 18.7 Å². The normalized spacial score (nSPS) is 18.7. The Hall–Kier alpha value is -1.95. The van der Waals surface area contributed by atoms with Crippen molar-refractivity contribution in [3.63, 3.8) is 0 Å². The lowest BCUT2D eigenvalue weighted by Crippen LogP contribution is -2.37. The molecule has 1 N–H and O–H groups in total. The van der Waals surface area contributed by atoms with Gasteiger partial charge in [-0.25, -0.2) is 0 Å². The molecule has 1 fully saturated rings. The SMILES string of the molecule is O=C(Cc1ccc2c(c1)OCO2)NC1CCN(Cc2ccc(Cl)c(Cl)c2)C1. The van der Waals surface area contributed by atoms with E-state index in [2.05, 4.69) is 10.2 Å². The highest BCUT2D eigenvalue weighted by molar-refractivity contribution is 6.42. The van der Waals surface area contributed by atoms with Gasteiger partial charge in [0.2, 0.25) is 12.7 Å². The van der Waals surface area contributed by atoms with Gasteiger partial charge in [0.25, 0.3) is 0 Å². The van der Waals surface area contributed by atoms with E-state index in [0.717, 1.165) is 42.9 Å². The molecule has 0 aromatic heterocycles. The molecule has 0 aliphatic carbocycles. The fraction of sp³-hybridized carbons (Fsp3) is 0.350. The maximum Gasteiger partial charge on any atom is 0.231 e. The molecule has 27 heavy (non-hydrogen) atoms. The fourth-order valence-corrected chi connectivity index (χ4v) is 3.83. The zero-order valence-electron chi connectivity index (χ0n) is 14.7. The van der Waals surface area contributed by atoms with Crippen LogP contribution < -0.4 is 14.8 Å². The lowest BCUT2D eigenvalue weighted by atomic mass is 10.1. The molecule has 1 unspecified atom stereocenters. The fourth-order valence-electron chi connectivity index (χ4n) is 3.51. The van der Waals surface area contributed by atoms with Gasteiger partial charge in [0.1, 0.15) is 0 Å². The van der Waals surface area contributed by atoms with Crippen LogP contribution in [0.3, 0.4) is 0 Å². The molecular formula is C20H20Cl2N2O3. The van der Waals surface area contributed by atoms with Crippen LogP contribution >= 0.6 is 23.2 Å². The van der Waals surface area contributed by atoms with E-state index in [1.54, 1.807) is 0 Å². The smallest absolute Gasteiger partial charge is 0.231 e. The predicted octanol–water partition coefficient (Wildman–Crippen LogP) is 3.66. The molecule has 2 aliphatic rings. The summed E-state index contributed by atoms with van der Waals surface area (Å²) in [7, 11) is 0. The van der Waals surface area contributed by atoms with Gasteiger partial charge in [-0.2, -0.15) is 0 Å². The van der Waals surface area contributed by atoms with E-state index in [0.29, 0.717) is 22.2 Å². The summed E-state index contributed by atoms with van der Waals surface area (Å²) in [6.07, 6.45) is 1.27. The van der Waals surface area contributed by atoms with Gasteiger partial charge in [-0.15, -0.1) is 0 Å². The van der Waals surface area contributed by atoms with E-state index in [4.69, 9.17) is 32.7 Å². The van der Waals surface area contributed by atoms with Crippen molar-refractivity contribution in [1.82, 2.24) is 10.2 Å². The van der Waals surface area contributed by atoms with Crippen molar-refractivity contribution >= 4 is 29.1 Å². The van der Waals surface area contributed by atoms with Gasteiger partial charge in [0.05, 0.1) is 16.5 Å². The summed E-state index contributed by atoms with van der Waals surface area (Å²) in [5.41, 5.74) is 2.04.